The van der Waals surface area contributed by atoms with E-state index < -0.39 is 11.7 Å². The molecule has 0 bridgehead atoms. The van der Waals surface area contributed by atoms with Crippen LogP contribution in [0.1, 0.15) is 56.0 Å². The number of hydrogen-bond acceptors (Lipinski definition) is 5. The molecule has 31 heavy (non-hydrogen) atoms. The number of piperidine rings is 1. The fourth-order valence-electron chi connectivity index (χ4n) is 3.82. The number of aryl methyl sites for hydroxylation is 1. The van der Waals surface area contributed by atoms with E-state index in [1.54, 1.807) is 12.1 Å². The molecule has 1 aromatic heterocycles. The van der Waals surface area contributed by atoms with Crippen molar-refractivity contribution in [3.8, 4) is 10.4 Å². The van der Waals surface area contributed by atoms with Gasteiger partial charge >= 0.3 is 6.09 Å². The lowest BCUT2D eigenvalue weighted by atomic mass is 9.90. The summed E-state index contributed by atoms with van der Waals surface area (Å²) in [5.41, 5.74) is 0.564. The van der Waals surface area contributed by atoms with E-state index >= 15 is 0 Å². The number of rotatable bonds is 4. The van der Waals surface area contributed by atoms with Gasteiger partial charge in [0.1, 0.15) is 17.1 Å². The Bertz CT molecular complexity index is 937. The number of ether oxygens (including phenoxy) is 1. The van der Waals surface area contributed by atoms with Crippen LogP contribution >= 0.6 is 11.3 Å². The second-order valence-electron chi connectivity index (χ2n) is 8.99. The summed E-state index contributed by atoms with van der Waals surface area (Å²) in [6.45, 7) is 10.3. The lowest BCUT2D eigenvalue weighted by Gasteiger charge is -2.40. The zero-order valence-electron chi connectivity index (χ0n) is 18.7. The van der Waals surface area contributed by atoms with Gasteiger partial charge in [0.2, 0.25) is 0 Å². The summed E-state index contributed by atoms with van der Waals surface area (Å²) < 4.78 is 18.7. The fraction of sp³-hybridized carbons (Fsp3) is 0.522. The maximum atomic E-state index is 13.6. The molecular weight excluding hydrogens is 417 g/mol. The molecule has 1 aliphatic rings. The number of carbonyl (C=O) groups is 2. The summed E-state index contributed by atoms with van der Waals surface area (Å²) in [4.78, 5) is 32.8. The van der Waals surface area contributed by atoms with Gasteiger partial charge in [0.05, 0.1) is 15.9 Å². The zero-order valence-corrected chi connectivity index (χ0v) is 19.5. The quantitative estimate of drug-likeness (QED) is 0.714. The second kappa shape index (κ2) is 9.34. The molecule has 0 radical (unpaired) electrons. The van der Waals surface area contributed by atoms with Crippen LogP contribution < -0.4 is 5.32 Å². The van der Waals surface area contributed by atoms with Crippen molar-refractivity contribution in [3.63, 3.8) is 0 Å². The molecule has 1 aliphatic heterocycles. The molecule has 8 heteroatoms. The van der Waals surface area contributed by atoms with Gasteiger partial charge in [-0.25, -0.2) is 14.2 Å². The lowest BCUT2D eigenvalue weighted by Crippen LogP contribution is -2.53. The summed E-state index contributed by atoms with van der Waals surface area (Å²) in [7, 11) is 0. The van der Waals surface area contributed by atoms with Crippen LogP contribution in [0, 0.1) is 18.7 Å². The van der Waals surface area contributed by atoms with Gasteiger partial charge in [-0.2, -0.15) is 0 Å². The van der Waals surface area contributed by atoms with Crippen LogP contribution in [0.5, 0.6) is 0 Å². The number of alkyl carbamates (subject to hydrolysis) is 1. The van der Waals surface area contributed by atoms with Gasteiger partial charge in [-0.1, -0.05) is 19.1 Å². The van der Waals surface area contributed by atoms with E-state index in [0.29, 0.717) is 18.8 Å². The highest BCUT2D eigenvalue weighted by atomic mass is 32.1. The van der Waals surface area contributed by atoms with Gasteiger partial charge in [0.15, 0.2) is 0 Å². The molecule has 1 N–H and O–H groups in total. The second-order valence-corrected chi connectivity index (χ2v) is 10.2. The highest BCUT2D eigenvalue weighted by molar-refractivity contribution is 7.15. The molecule has 0 saturated carbocycles. The third kappa shape index (κ3) is 5.81. The molecule has 168 valence electrons. The summed E-state index contributed by atoms with van der Waals surface area (Å²) in [6.07, 6.45) is 1.38. The first-order valence-corrected chi connectivity index (χ1v) is 11.4. The highest BCUT2D eigenvalue weighted by Gasteiger charge is 2.35. The maximum Gasteiger partial charge on any atom is 0.407 e. The van der Waals surface area contributed by atoms with Crippen molar-refractivity contribution in [3.05, 3.63) is 40.8 Å². The minimum atomic E-state index is -0.583. The molecule has 1 saturated heterocycles. The van der Waals surface area contributed by atoms with Crippen LogP contribution in [0.2, 0.25) is 0 Å². The monoisotopic (exact) mass is 447 g/mol. The van der Waals surface area contributed by atoms with E-state index in [1.807, 2.05) is 32.6 Å². The predicted molar refractivity (Wildman–Crippen MR) is 120 cm³/mol. The molecule has 1 fully saturated rings. The number of thiazole rings is 1. The van der Waals surface area contributed by atoms with Crippen LogP contribution in [0.3, 0.4) is 0 Å². The highest BCUT2D eigenvalue weighted by Crippen LogP contribution is 2.33. The first kappa shape index (κ1) is 23.2. The van der Waals surface area contributed by atoms with E-state index in [4.69, 9.17) is 4.74 Å². The van der Waals surface area contributed by atoms with Gasteiger partial charge in [0.25, 0.3) is 5.91 Å². The minimum absolute atomic E-state index is 0.156. The Kier molecular flexibility index (Phi) is 6.99. The van der Waals surface area contributed by atoms with Gasteiger partial charge in [-0.15, -0.1) is 11.3 Å². The van der Waals surface area contributed by atoms with Gasteiger partial charge < -0.3 is 15.0 Å². The summed E-state index contributed by atoms with van der Waals surface area (Å²) in [6, 6.07) is 5.94. The Morgan fingerprint density at radius 3 is 2.61 bits per heavy atom. The Labute approximate surface area is 186 Å². The molecule has 0 unspecified atom stereocenters. The SMILES string of the molecule is Cc1nc(C(=O)N2CCC[C@@H](C)[C@@H]2CNC(=O)OC(C)(C)C)c(-c2ccc(F)cc2)s1. The van der Waals surface area contributed by atoms with Crippen LogP contribution in [-0.2, 0) is 4.74 Å². The van der Waals surface area contributed by atoms with Crippen LogP contribution in [0.25, 0.3) is 10.4 Å². The van der Waals surface area contributed by atoms with Crippen molar-refractivity contribution < 1.29 is 18.7 Å². The molecule has 0 spiro atoms. The molecule has 1 aromatic carbocycles. The predicted octanol–water partition coefficient (Wildman–Crippen LogP) is 5.02. The van der Waals surface area contributed by atoms with Crippen molar-refractivity contribution in [2.75, 3.05) is 13.1 Å². The Balaban J connectivity index is 1.82. The van der Waals surface area contributed by atoms with Crippen molar-refractivity contribution >= 4 is 23.3 Å². The number of nitrogens with one attached hydrogen (secondary N) is 1. The van der Waals surface area contributed by atoms with Gasteiger partial charge in [-0.05, 0) is 64.2 Å². The number of likely N-dealkylation sites (tertiary alicyclic amines) is 1. The average Bonchev–Trinajstić information content (AvgIpc) is 3.07. The van der Waals surface area contributed by atoms with Crippen molar-refractivity contribution in [2.45, 2.75) is 59.1 Å². The van der Waals surface area contributed by atoms with Crippen molar-refractivity contribution in [1.29, 1.82) is 0 Å². The van der Waals surface area contributed by atoms with E-state index in [0.717, 1.165) is 28.3 Å². The maximum absolute atomic E-state index is 13.6. The minimum Gasteiger partial charge on any atom is -0.444 e. The third-order valence-electron chi connectivity index (χ3n) is 5.27. The van der Waals surface area contributed by atoms with E-state index in [-0.39, 0.29) is 23.7 Å². The third-order valence-corrected chi connectivity index (χ3v) is 6.29. The van der Waals surface area contributed by atoms with Gasteiger partial charge in [0, 0.05) is 13.1 Å². The molecule has 2 amide bonds. The lowest BCUT2D eigenvalue weighted by molar-refractivity contribution is 0.0405. The Morgan fingerprint density at radius 1 is 1.29 bits per heavy atom. The molecule has 2 atom stereocenters. The largest absolute Gasteiger partial charge is 0.444 e. The summed E-state index contributed by atoms with van der Waals surface area (Å²) >= 11 is 1.42. The molecule has 2 heterocycles. The number of halogens is 1. The average molecular weight is 448 g/mol. The summed E-state index contributed by atoms with van der Waals surface area (Å²) in [5.74, 6) is -0.260. The Morgan fingerprint density at radius 2 is 1.97 bits per heavy atom. The number of aromatic nitrogens is 1. The molecular formula is C23H30FN3O3S. The molecule has 0 aliphatic carbocycles. The topological polar surface area (TPSA) is 71.5 Å². The normalized spacial score (nSPS) is 19.2. The van der Waals surface area contributed by atoms with Crippen LogP contribution in [-0.4, -0.2) is 46.6 Å². The van der Waals surface area contributed by atoms with Crippen molar-refractivity contribution in [2.24, 2.45) is 5.92 Å². The number of carbonyl (C=O) groups excluding carboxylic acids is 2. The standard InChI is InChI=1S/C23H30FN3O3S/c1-14-7-6-12-27(18(14)13-25-22(29)30-23(3,4)5)21(28)19-20(31-15(2)26-19)16-8-10-17(24)11-9-16/h8-11,14,18H,6-7,12-13H2,1-5H3,(H,25,29)/t14-,18+/m1/s1. The number of amides is 2. The smallest absolute Gasteiger partial charge is 0.407 e. The molecule has 3 rings (SSSR count). The summed E-state index contributed by atoms with van der Waals surface area (Å²) in [5, 5.41) is 3.59. The first-order valence-electron chi connectivity index (χ1n) is 10.6. The van der Waals surface area contributed by atoms with E-state index in [9.17, 15) is 14.0 Å². The molecule has 2 aromatic rings. The first-order chi connectivity index (χ1) is 14.5. The number of nitrogens with zero attached hydrogens (tertiary/aromatic N) is 2. The van der Waals surface area contributed by atoms with Crippen LogP contribution in [0.15, 0.2) is 24.3 Å². The number of benzene rings is 1. The molecule has 6 nitrogen and oxygen atoms in total. The Hall–Kier alpha value is -2.48. The van der Waals surface area contributed by atoms with Gasteiger partial charge in [-0.3, -0.25) is 4.79 Å². The van der Waals surface area contributed by atoms with E-state index in [1.165, 1.54) is 23.5 Å². The van der Waals surface area contributed by atoms with E-state index in [2.05, 4.69) is 17.2 Å². The number of hydrogen-bond donors (Lipinski definition) is 1. The zero-order chi connectivity index (χ0) is 22.8. The van der Waals surface area contributed by atoms with Crippen LogP contribution in [0.4, 0.5) is 9.18 Å². The van der Waals surface area contributed by atoms with Crippen molar-refractivity contribution in [1.82, 2.24) is 15.2 Å². The fourth-order valence-corrected chi connectivity index (χ4v) is 4.74.